The zero-order chi connectivity index (χ0) is 16.4. The van der Waals surface area contributed by atoms with E-state index in [1.807, 2.05) is 13.8 Å². The second-order valence-electron chi connectivity index (χ2n) is 5.91. The van der Waals surface area contributed by atoms with E-state index >= 15 is 0 Å². The summed E-state index contributed by atoms with van der Waals surface area (Å²) in [6, 6.07) is 0. The molecule has 1 rings (SSSR count). The van der Waals surface area contributed by atoms with E-state index in [9.17, 15) is 4.79 Å². The van der Waals surface area contributed by atoms with Crippen LogP contribution >= 0.6 is 24.0 Å². The number of carbonyl (C=O) groups excluding carboxylic acids is 1. The van der Waals surface area contributed by atoms with Crippen molar-refractivity contribution in [2.45, 2.75) is 33.2 Å². The Kier molecular flexibility index (Phi) is 11.5. The van der Waals surface area contributed by atoms with Gasteiger partial charge >= 0.3 is 0 Å². The number of rotatable bonds is 7. The third-order valence-corrected chi connectivity index (χ3v) is 3.65. The molecule has 1 aliphatic rings. The monoisotopic (exact) mass is 441 g/mol. The third kappa shape index (κ3) is 8.71. The highest BCUT2D eigenvalue weighted by atomic mass is 127. The molecule has 23 heavy (non-hydrogen) atoms. The molecule has 1 heterocycles. The number of nitrogens with one attached hydrogen (secondary N) is 3. The van der Waals surface area contributed by atoms with Crippen LogP contribution in [0.1, 0.15) is 27.7 Å². The van der Waals surface area contributed by atoms with Crippen molar-refractivity contribution in [3.05, 3.63) is 0 Å². The average Bonchev–Trinajstić information content (AvgIpc) is 2.51. The molecule has 0 radical (unpaired) electrons. The van der Waals surface area contributed by atoms with Crippen molar-refractivity contribution in [2.75, 3.05) is 52.5 Å². The highest BCUT2D eigenvalue weighted by Gasteiger charge is 2.28. The second-order valence-corrected chi connectivity index (χ2v) is 5.91. The molecule has 0 unspecified atom stereocenters. The molecule has 0 bridgehead atoms. The molecule has 0 atom stereocenters. The van der Waals surface area contributed by atoms with Crippen LogP contribution in [0.3, 0.4) is 0 Å². The molecule has 0 aromatic heterocycles. The molecule has 1 saturated heterocycles. The number of hydrogen-bond donors (Lipinski definition) is 3. The van der Waals surface area contributed by atoms with Gasteiger partial charge in [-0.05, 0) is 27.7 Å². The largest absolute Gasteiger partial charge is 0.379 e. The summed E-state index contributed by atoms with van der Waals surface area (Å²) in [4.78, 5) is 18.2. The van der Waals surface area contributed by atoms with Gasteiger partial charge in [0.2, 0.25) is 5.91 Å². The number of amides is 1. The summed E-state index contributed by atoms with van der Waals surface area (Å²) in [5.74, 6) is 0.613. The van der Waals surface area contributed by atoms with Crippen molar-refractivity contribution >= 4 is 35.8 Å². The van der Waals surface area contributed by atoms with Crippen molar-refractivity contribution in [1.29, 1.82) is 0 Å². The number of halogens is 1. The van der Waals surface area contributed by atoms with E-state index in [4.69, 9.17) is 4.74 Å². The third-order valence-electron chi connectivity index (χ3n) is 3.65. The molecule has 0 saturated carbocycles. The Hall–Kier alpha value is -0.610. The number of guanidine groups is 1. The Bertz CT molecular complexity index is 371. The predicted molar refractivity (Wildman–Crippen MR) is 105 cm³/mol. The van der Waals surface area contributed by atoms with E-state index in [2.05, 4.69) is 39.7 Å². The molecular weight excluding hydrogens is 409 g/mol. The highest BCUT2D eigenvalue weighted by molar-refractivity contribution is 14.0. The molecule has 3 N–H and O–H groups in total. The quantitative estimate of drug-likeness (QED) is 0.303. The van der Waals surface area contributed by atoms with Gasteiger partial charge in [-0.1, -0.05) is 0 Å². The topological polar surface area (TPSA) is 78.0 Å². The summed E-state index contributed by atoms with van der Waals surface area (Å²) in [5.41, 5.74) is 0.00560. The van der Waals surface area contributed by atoms with Crippen LogP contribution in [0.2, 0.25) is 0 Å². The van der Waals surface area contributed by atoms with Gasteiger partial charge < -0.3 is 20.7 Å². The number of morpholine rings is 1. The maximum atomic E-state index is 11.5. The maximum absolute atomic E-state index is 11.5. The van der Waals surface area contributed by atoms with Crippen LogP contribution in [0.15, 0.2) is 4.99 Å². The van der Waals surface area contributed by atoms with Crippen LogP contribution in [0.25, 0.3) is 0 Å². The molecule has 1 fully saturated rings. The van der Waals surface area contributed by atoms with Crippen molar-refractivity contribution in [3.63, 3.8) is 0 Å². The highest BCUT2D eigenvalue weighted by Crippen LogP contribution is 2.14. The first-order valence-electron chi connectivity index (χ1n) is 8.11. The van der Waals surface area contributed by atoms with E-state index in [0.29, 0.717) is 12.5 Å². The van der Waals surface area contributed by atoms with E-state index < -0.39 is 0 Å². The molecule has 136 valence electrons. The SMILES string of the molecule is CCNC(=O)CN=C(NCC)NCC(C)(C)N1CCOCC1.I. The molecule has 0 aromatic carbocycles. The van der Waals surface area contributed by atoms with Gasteiger partial charge in [-0.15, -0.1) is 24.0 Å². The Balaban J connectivity index is 0.00000484. The van der Waals surface area contributed by atoms with Gasteiger partial charge in [-0.2, -0.15) is 0 Å². The van der Waals surface area contributed by atoms with Crippen LogP contribution in [0, 0.1) is 0 Å². The van der Waals surface area contributed by atoms with Crippen LogP contribution in [-0.4, -0.2) is 74.8 Å². The predicted octanol–water partition coefficient (Wildman–Crippen LogP) is 0.406. The molecule has 1 amide bonds. The first kappa shape index (κ1) is 22.4. The van der Waals surface area contributed by atoms with Crippen LogP contribution in [0.4, 0.5) is 0 Å². The van der Waals surface area contributed by atoms with Gasteiger partial charge in [0.05, 0.1) is 13.2 Å². The van der Waals surface area contributed by atoms with Crippen molar-refractivity contribution in [3.8, 4) is 0 Å². The molecule has 0 aromatic rings. The minimum atomic E-state index is -0.0628. The smallest absolute Gasteiger partial charge is 0.241 e. The number of likely N-dealkylation sites (N-methyl/N-ethyl adjacent to an activating group) is 1. The summed E-state index contributed by atoms with van der Waals surface area (Å²) in [6.45, 7) is 14.1. The minimum Gasteiger partial charge on any atom is -0.379 e. The summed E-state index contributed by atoms with van der Waals surface area (Å²) in [6.07, 6.45) is 0. The Morgan fingerprint density at radius 3 is 2.30 bits per heavy atom. The molecule has 0 aliphatic carbocycles. The van der Waals surface area contributed by atoms with E-state index in [1.165, 1.54) is 0 Å². The normalized spacial score (nSPS) is 16.4. The van der Waals surface area contributed by atoms with Gasteiger partial charge in [-0.25, -0.2) is 4.99 Å². The van der Waals surface area contributed by atoms with Gasteiger partial charge in [0.1, 0.15) is 6.54 Å². The van der Waals surface area contributed by atoms with Crippen molar-refractivity contribution in [1.82, 2.24) is 20.9 Å². The summed E-state index contributed by atoms with van der Waals surface area (Å²) >= 11 is 0. The lowest BCUT2D eigenvalue weighted by atomic mass is 10.0. The summed E-state index contributed by atoms with van der Waals surface area (Å²) in [5, 5.41) is 9.25. The van der Waals surface area contributed by atoms with Gasteiger partial charge in [-0.3, -0.25) is 9.69 Å². The zero-order valence-corrected chi connectivity index (χ0v) is 17.1. The number of hydrogen-bond acceptors (Lipinski definition) is 4. The zero-order valence-electron chi connectivity index (χ0n) is 14.8. The fourth-order valence-corrected chi connectivity index (χ4v) is 2.33. The lowest BCUT2D eigenvalue weighted by Gasteiger charge is -2.41. The molecule has 7 nitrogen and oxygen atoms in total. The molecular formula is C15H32IN5O2. The Morgan fingerprint density at radius 2 is 1.74 bits per heavy atom. The number of aliphatic imine (C=N–C) groups is 1. The average molecular weight is 441 g/mol. The van der Waals surface area contributed by atoms with Crippen molar-refractivity contribution in [2.24, 2.45) is 4.99 Å². The number of carbonyl (C=O) groups is 1. The second kappa shape index (κ2) is 11.9. The first-order valence-corrected chi connectivity index (χ1v) is 8.11. The number of ether oxygens (including phenoxy) is 1. The van der Waals surface area contributed by atoms with E-state index in [0.717, 1.165) is 39.4 Å². The Morgan fingerprint density at radius 1 is 1.13 bits per heavy atom. The standard InChI is InChI=1S/C15H31N5O2.HI/c1-5-16-13(21)11-18-14(17-6-2)19-12-15(3,4)20-7-9-22-10-8-20;/h5-12H2,1-4H3,(H,16,21)(H2,17,18,19);1H. The molecule has 1 aliphatic heterocycles. The fraction of sp³-hybridized carbons (Fsp3) is 0.867. The summed E-state index contributed by atoms with van der Waals surface area (Å²) in [7, 11) is 0. The fourth-order valence-electron chi connectivity index (χ4n) is 2.33. The minimum absolute atomic E-state index is 0. The van der Waals surface area contributed by atoms with Gasteiger partial charge in [0.15, 0.2) is 5.96 Å². The summed E-state index contributed by atoms with van der Waals surface area (Å²) < 4.78 is 5.40. The Labute approximate surface area is 157 Å². The van der Waals surface area contributed by atoms with E-state index in [1.54, 1.807) is 0 Å². The maximum Gasteiger partial charge on any atom is 0.241 e. The molecule has 8 heteroatoms. The van der Waals surface area contributed by atoms with E-state index in [-0.39, 0.29) is 42.0 Å². The lowest BCUT2D eigenvalue weighted by molar-refractivity contribution is -0.119. The first-order chi connectivity index (χ1) is 10.5. The van der Waals surface area contributed by atoms with Crippen molar-refractivity contribution < 1.29 is 9.53 Å². The molecule has 0 spiro atoms. The van der Waals surface area contributed by atoms with Crippen LogP contribution in [0.5, 0.6) is 0 Å². The van der Waals surface area contributed by atoms with Gasteiger partial charge in [0, 0.05) is 38.3 Å². The van der Waals surface area contributed by atoms with Crippen LogP contribution < -0.4 is 16.0 Å². The number of nitrogens with zero attached hydrogens (tertiary/aromatic N) is 2. The van der Waals surface area contributed by atoms with Crippen LogP contribution in [-0.2, 0) is 9.53 Å². The van der Waals surface area contributed by atoms with Gasteiger partial charge in [0.25, 0.3) is 0 Å². The lowest BCUT2D eigenvalue weighted by Crippen LogP contribution is -2.56.